The van der Waals surface area contributed by atoms with E-state index in [9.17, 15) is 14.7 Å². The first-order valence-corrected chi connectivity index (χ1v) is 7.71. The van der Waals surface area contributed by atoms with E-state index in [1.807, 2.05) is 0 Å². The minimum atomic E-state index is -0.871. The van der Waals surface area contributed by atoms with E-state index in [4.69, 9.17) is 0 Å². The number of amides is 1. The van der Waals surface area contributed by atoms with Crippen molar-refractivity contribution < 1.29 is 9.90 Å². The maximum Gasteiger partial charge on any atom is 0.267 e. The first kappa shape index (κ1) is 13.6. The average molecular weight is 295 g/mol. The van der Waals surface area contributed by atoms with Crippen molar-refractivity contribution in [2.75, 3.05) is 18.8 Å². The highest BCUT2D eigenvalue weighted by Crippen LogP contribution is 2.23. The second-order valence-corrected chi connectivity index (χ2v) is 6.65. The Balaban J connectivity index is 1.90. The average Bonchev–Trinajstić information content (AvgIpc) is 2.86. The smallest absolute Gasteiger partial charge is 0.267 e. The van der Waals surface area contributed by atoms with Gasteiger partial charge in [-0.25, -0.2) is 4.98 Å². The van der Waals surface area contributed by atoms with Crippen molar-refractivity contribution in [3.63, 3.8) is 0 Å². The van der Waals surface area contributed by atoms with E-state index >= 15 is 0 Å². The number of aromatic nitrogens is 2. The number of likely N-dealkylation sites (tertiary alicyclic amines) is 1. The number of hydrogen-bond donors (Lipinski definition) is 1. The van der Waals surface area contributed by atoms with Crippen LogP contribution in [0.3, 0.4) is 0 Å². The zero-order valence-electron chi connectivity index (χ0n) is 11.3. The highest BCUT2D eigenvalue weighted by atomic mass is 32.2. The van der Waals surface area contributed by atoms with Crippen molar-refractivity contribution in [2.45, 2.75) is 37.1 Å². The molecule has 6 nitrogen and oxygen atoms in total. The summed E-state index contributed by atoms with van der Waals surface area (Å²) in [6.07, 6.45) is 2.79. The molecule has 1 saturated heterocycles. The Morgan fingerprint density at radius 1 is 1.50 bits per heavy atom. The fourth-order valence-electron chi connectivity index (χ4n) is 2.73. The van der Waals surface area contributed by atoms with Crippen molar-refractivity contribution in [2.24, 2.45) is 0 Å². The third-order valence-corrected chi connectivity index (χ3v) is 4.72. The Morgan fingerprint density at radius 2 is 2.30 bits per heavy atom. The number of rotatable bonds is 1. The topological polar surface area (TPSA) is 75.4 Å². The molecule has 108 valence electrons. The van der Waals surface area contributed by atoms with Gasteiger partial charge in [0.05, 0.1) is 5.60 Å². The Kier molecular flexibility index (Phi) is 3.33. The summed E-state index contributed by atoms with van der Waals surface area (Å²) < 4.78 is 1.56. The first-order valence-electron chi connectivity index (χ1n) is 6.72. The van der Waals surface area contributed by atoms with Crippen LogP contribution in [0.25, 0.3) is 0 Å². The molecular formula is C13H17N3O3S. The van der Waals surface area contributed by atoms with Gasteiger partial charge in [-0.2, -0.15) is 0 Å². The van der Waals surface area contributed by atoms with Gasteiger partial charge in [0.15, 0.2) is 5.16 Å². The van der Waals surface area contributed by atoms with Crippen LogP contribution in [0.4, 0.5) is 0 Å². The minimum Gasteiger partial charge on any atom is -0.388 e. The Morgan fingerprint density at radius 3 is 3.05 bits per heavy atom. The van der Waals surface area contributed by atoms with Gasteiger partial charge in [0, 0.05) is 31.6 Å². The summed E-state index contributed by atoms with van der Waals surface area (Å²) in [4.78, 5) is 30.5. The van der Waals surface area contributed by atoms with E-state index in [1.165, 1.54) is 18.0 Å². The molecule has 7 heteroatoms. The number of piperidine rings is 1. The second kappa shape index (κ2) is 4.89. The number of fused-ring (bicyclic) bond motifs is 1. The van der Waals surface area contributed by atoms with Crippen molar-refractivity contribution in [1.82, 2.24) is 14.5 Å². The third kappa shape index (κ3) is 2.35. The highest BCUT2D eigenvalue weighted by molar-refractivity contribution is 7.99. The molecule has 1 fully saturated rings. The van der Waals surface area contributed by atoms with Gasteiger partial charge in [0.25, 0.3) is 11.5 Å². The SMILES string of the molecule is CC1(O)CCCN(C(=O)c2cnc3n(c2=O)CCS3)C1. The van der Waals surface area contributed by atoms with Crippen LogP contribution >= 0.6 is 11.8 Å². The Hall–Kier alpha value is -1.34. The molecule has 2 aliphatic rings. The number of nitrogens with zero attached hydrogens (tertiary/aromatic N) is 3. The van der Waals surface area contributed by atoms with Crippen molar-refractivity contribution in [3.8, 4) is 0 Å². The van der Waals surface area contributed by atoms with Crippen molar-refractivity contribution in [3.05, 3.63) is 22.1 Å². The van der Waals surface area contributed by atoms with E-state index in [1.54, 1.807) is 16.4 Å². The lowest BCUT2D eigenvalue weighted by Gasteiger charge is -2.36. The number of carbonyl (C=O) groups is 1. The van der Waals surface area contributed by atoms with Gasteiger partial charge in [-0.3, -0.25) is 14.2 Å². The van der Waals surface area contributed by atoms with Gasteiger partial charge in [-0.15, -0.1) is 0 Å². The lowest BCUT2D eigenvalue weighted by molar-refractivity contribution is -0.0108. The molecule has 0 aromatic carbocycles. The van der Waals surface area contributed by atoms with E-state index in [0.29, 0.717) is 24.7 Å². The van der Waals surface area contributed by atoms with Gasteiger partial charge < -0.3 is 10.0 Å². The van der Waals surface area contributed by atoms with Crippen LogP contribution < -0.4 is 5.56 Å². The van der Waals surface area contributed by atoms with E-state index in [2.05, 4.69) is 4.98 Å². The van der Waals surface area contributed by atoms with Crippen LogP contribution in [0.15, 0.2) is 16.1 Å². The molecule has 20 heavy (non-hydrogen) atoms. The first-order chi connectivity index (χ1) is 9.48. The molecule has 1 N–H and O–H groups in total. The molecule has 1 unspecified atom stereocenters. The van der Waals surface area contributed by atoms with Crippen LogP contribution in [0, 0.1) is 0 Å². The molecule has 0 spiro atoms. The molecule has 1 aromatic rings. The predicted octanol–water partition coefficient (Wildman–Crippen LogP) is 0.336. The maximum absolute atomic E-state index is 12.5. The number of β-amino-alcohol motifs (C(OH)–C–C–N with tert-alkyl or cyclic N) is 1. The predicted molar refractivity (Wildman–Crippen MR) is 75.0 cm³/mol. The van der Waals surface area contributed by atoms with E-state index < -0.39 is 5.60 Å². The summed E-state index contributed by atoms with van der Waals surface area (Å²) in [5.41, 5.74) is -1.03. The molecule has 1 aromatic heterocycles. The van der Waals surface area contributed by atoms with Gasteiger partial charge in [0.2, 0.25) is 0 Å². The number of carbonyl (C=O) groups excluding carboxylic acids is 1. The molecule has 0 bridgehead atoms. The van der Waals surface area contributed by atoms with Crippen LogP contribution in [-0.4, -0.2) is 49.9 Å². The van der Waals surface area contributed by atoms with Gasteiger partial charge >= 0.3 is 0 Å². The summed E-state index contributed by atoms with van der Waals surface area (Å²) in [5.74, 6) is 0.493. The third-order valence-electron chi connectivity index (χ3n) is 3.75. The normalized spacial score (nSPS) is 25.6. The van der Waals surface area contributed by atoms with Crippen LogP contribution in [0.2, 0.25) is 0 Å². The maximum atomic E-state index is 12.5. The van der Waals surface area contributed by atoms with E-state index in [0.717, 1.165) is 12.2 Å². The molecule has 1 atom stereocenters. The van der Waals surface area contributed by atoms with Gasteiger partial charge in [-0.05, 0) is 19.8 Å². The summed E-state index contributed by atoms with van der Waals surface area (Å²) in [7, 11) is 0. The molecule has 2 aliphatic heterocycles. The van der Waals surface area contributed by atoms with Gasteiger partial charge in [-0.1, -0.05) is 11.8 Å². The summed E-state index contributed by atoms with van der Waals surface area (Å²) in [6.45, 7) is 3.16. The quantitative estimate of drug-likeness (QED) is 0.756. The standard InChI is InChI=1S/C13H17N3O3S/c1-13(19)3-2-4-15(8-13)10(17)9-7-14-12-16(11(9)18)5-6-20-12/h7,19H,2-6,8H2,1H3. The number of aliphatic hydroxyl groups is 1. The monoisotopic (exact) mass is 295 g/mol. The Labute approximate surface area is 120 Å². The lowest BCUT2D eigenvalue weighted by atomic mass is 9.95. The fourth-order valence-corrected chi connectivity index (χ4v) is 3.64. The lowest BCUT2D eigenvalue weighted by Crippen LogP contribution is -2.49. The minimum absolute atomic E-state index is 0.106. The second-order valence-electron chi connectivity index (χ2n) is 5.59. The van der Waals surface area contributed by atoms with E-state index in [-0.39, 0.29) is 23.6 Å². The molecule has 0 aliphatic carbocycles. The largest absolute Gasteiger partial charge is 0.388 e. The number of thioether (sulfide) groups is 1. The van der Waals surface area contributed by atoms with Crippen LogP contribution in [0.1, 0.15) is 30.1 Å². The Bertz CT molecular complexity index is 611. The number of hydrogen-bond acceptors (Lipinski definition) is 5. The molecule has 0 radical (unpaired) electrons. The van der Waals surface area contributed by atoms with Crippen molar-refractivity contribution in [1.29, 1.82) is 0 Å². The molecule has 3 heterocycles. The zero-order valence-corrected chi connectivity index (χ0v) is 12.2. The highest BCUT2D eigenvalue weighted by Gasteiger charge is 2.33. The molecule has 0 saturated carbocycles. The summed E-state index contributed by atoms with van der Waals surface area (Å²) in [6, 6.07) is 0. The zero-order chi connectivity index (χ0) is 14.3. The van der Waals surface area contributed by atoms with Gasteiger partial charge in [0.1, 0.15) is 5.56 Å². The fraction of sp³-hybridized carbons (Fsp3) is 0.615. The summed E-state index contributed by atoms with van der Waals surface area (Å²) >= 11 is 1.52. The van der Waals surface area contributed by atoms with Crippen LogP contribution in [0.5, 0.6) is 0 Å². The van der Waals surface area contributed by atoms with Crippen LogP contribution in [-0.2, 0) is 6.54 Å². The summed E-state index contributed by atoms with van der Waals surface area (Å²) in [5, 5.41) is 10.7. The molecule has 1 amide bonds. The van der Waals surface area contributed by atoms with Crippen molar-refractivity contribution >= 4 is 17.7 Å². The molecular weight excluding hydrogens is 278 g/mol. The molecule has 3 rings (SSSR count).